The van der Waals surface area contributed by atoms with Crippen molar-refractivity contribution in [3.05, 3.63) is 40.9 Å². The van der Waals surface area contributed by atoms with Gasteiger partial charge < -0.3 is 14.5 Å². The lowest BCUT2D eigenvalue weighted by molar-refractivity contribution is 0.356. The van der Waals surface area contributed by atoms with Gasteiger partial charge in [-0.25, -0.2) is 9.78 Å². The molecule has 0 atom stereocenters. The minimum atomic E-state index is -0.396. The van der Waals surface area contributed by atoms with Crippen LogP contribution in [0.2, 0.25) is 0 Å². The Morgan fingerprint density at radius 3 is 2.65 bits per heavy atom. The molecule has 5 heteroatoms. The van der Waals surface area contributed by atoms with E-state index in [0.717, 1.165) is 5.56 Å². The average molecular weight is 232 g/mol. The van der Waals surface area contributed by atoms with E-state index in [2.05, 4.69) is 9.97 Å². The first-order valence-corrected chi connectivity index (χ1v) is 5.03. The third-order valence-corrected chi connectivity index (χ3v) is 2.37. The summed E-state index contributed by atoms with van der Waals surface area (Å²) in [5.74, 6) is 1.19. The van der Waals surface area contributed by atoms with E-state index in [0.29, 0.717) is 17.2 Å². The van der Waals surface area contributed by atoms with E-state index in [1.165, 1.54) is 6.20 Å². The Labute approximate surface area is 98.0 Å². The molecule has 0 spiro atoms. The molecule has 0 unspecified atom stereocenters. The van der Waals surface area contributed by atoms with Crippen LogP contribution in [-0.4, -0.2) is 24.2 Å². The van der Waals surface area contributed by atoms with Crippen LogP contribution >= 0.6 is 0 Å². The van der Waals surface area contributed by atoms with Gasteiger partial charge >= 0.3 is 5.69 Å². The summed E-state index contributed by atoms with van der Waals surface area (Å²) in [5.41, 5.74) is 1.000. The van der Waals surface area contributed by atoms with Gasteiger partial charge in [-0.3, -0.25) is 0 Å². The fourth-order valence-corrected chi connectivity index (χ4v) is 1.62. The van der Waals surface area contributed by atoms with Crippen LogP contribution in [0.1, 0.15) is 0 Å². The molecule has 0 amide bonds. The predicted molar refractivity (Wildman–Crippen MR) is 63.4 cm³/mol. The molecule has 0 aliphatic heterocycles. The summed E-state index contributed by atoms with van der Waals surface area (Å²) >= 11 is 0. The highest BCUT2D eigenvalue weighted by atomic mass is 16.5. The Morgan fingerprint density at radius 1 is 1.18 bits per heavy atom. The van der Waals surface area contributed by atoms with Crippen molar-refractivity contribution >= 4 is 0 Å². The molecule has 88 valence electrons. The lowest BCUT2D eigenvalue weighted by atomic mass is 10.1. The third-order valence-electron chi connectivity index (χ3n) is 2.37. The van der Waals surface area contributed by atoms with Gasteiger partial charge in [0, 0.05) is 11.8 Å². The number of aromatic amines is 1. The molecule has 1 heterocycles. The standard InChI is InChI=1S/C12H12N2O3/c1-16-10-5-3-4-8(11(10)17-2)9-6-7-13-12(15)14-9/h3-7H,1-2H3,(H,13,14,15). The van der Waals surface area contributed by atoms with Gasteiger partial charge in [0.05, 0.1) is 19.9 Å². The quantitative estimate of drug-likeness (QED) is 0.870. The molecule has 1 aromatic carbocycles. The van der Waals surface area contributed by atoms with E-state index in [-0.39, 0.29) is 0 Å². The Hall–Kier alpha value is -2.30. The zero-order valence-electron chi connectivity index (χ0n) is 9.56. The Balaban J connectivity index is 2.63. The van der Waals surface area contributed by atoms with Crippen LogP contribution in [0.25, 0.3) is 11.3 Å². The molecule has 2 rings (SSSR count). The number of hydrogen-bond acceptors (Lipinski definition) is 4. The van der Waals surface area contributed by atoms with E-state index in [1.807, 2.05) is 12.1 Å². The van der Waals surface area contributed by atoms with Crippen LogP contribution in [0, 0.1) is 0 Å². The SMILES string of the molecule is COc1cccc(-c2ccnc(=O)[nH]2)c1OC. The molecule has 1 aromatic heterocycles. The van der Waals surface area contributed by atoms with Crippen molar-refractivity contribution in [2.45, 2.75) is 0 Å². The van der Waals surface area contributed by atoms with Crippen LogP contribution in [0.3, 0.4) is 0 Å². The summed E-state index contributed by atoms with van der Waals surface area (Å²) < 4.78 is 10.5. The Kier molecular flexibility index (Phi) is 3.09. The number of methoxy groups -OCH3 is 2. The highest BCUT2D eigenvalue weighted by molar-refractivity contribution is 5.70. The maximum absolute atomic E-state index is 11.2. The van der Waals surface area contributed by atoms with Crippen LogP contribution in [0.5, 0.6) is 11.5 Å². The van der Waals surface area contributed by atoms with Crippen molar-refractivity contribution in [1.82, 2.24) is 9.97 Å². The molecule has 0 saturated heterocycles. The van der Waals surface area contributed by atoms with Gasteiger partial charge in [0.1, 0.15) is 0 Å². The number of H-pyrrole nitrogens is 1. The topological polar surface area (TPSA) is 64.2 Å². The minimum absolute atomic E-state index is 0.396. The second-order valence-electron chi connectivity index (χ2n) is 3.33. The van der Waals surface area contributed by atoms with E-state index in [1.54, 1.807) is 26.4 Å². The van der Waals surface area contributed by atoms with E-state index in [9.17, 15) is 4.79 Å². The minimum Gasteiger partial charge on any atom is -0.493 e. The van der Waals surface area contributed by atoms with Crippen molar-refractivity contribution in [3.63, 3.8) is 0 Å². The van der Waals surface area contributed by atoms with Gasteiger partial charge in [0.25, 0.3) is 0 Å². The molecule has 1 N–H and O–H groups in total. The summed E-state index contributed by atoms with van der Waals surface area (Å²) in [4.78, 5) is 17.4. The maximum Gasteiger partial charge on any atom is 0.345 e. The van der Waals surface area contributed by atoms with Gasteiger partial charge in [-0.15, -0.1) is 0 Å². The molecule has 0 fully saturated rings. The molecule has 0 bridgehead atoms. The highest BCUT2D eigenvalue weighted by Gasteiger charge is 2.11. The predicted octanol–water partition coefficient (Wildman–Crippen LogP) is 1.45. The number of aromatic nitrogens is 2. The smallest absolute Gasteiger partial charge is 0.345 e. The molecule has 2 aromatic rings. The van der Waals surface area contributed by atoms with Gasteiger partial charge in [0.15, 0.2) is 11.5 Å². The van der Waals surface area contributed by atoms with Gasteiger partial charge in [-0.2, -0.15) is 0 Å². The maximum atomic E-state index is 11.2. The lowest BCUT2D eigenvalue weighted by Gasteiger charge is -2.11. The van der Waals surface area contributed by atoms with Crippen LogP contribution in [0.4, 0.5) is 0 Å². The van der Waals surface area contributed by atoms with Crippen LogP contribution in [-0.2, 0) is 0 Å². The molecular formula is C12H12N2O3. The molecule has 17 heavy (non-hydrogen) atoms. The van der Waals surface area contributed by atoms with Crippen LogP contribution in [0.15, 0.2) is 35.3 Å². The summed E-state index contributed by atoms with van der Waals surface area (Å²) in [6.45, 7) is 0. The van der Waals surface area contributed by atoms with Crippen molar-refractivity contribution in [3.8, 4) is 22.8 Å². The molecule has 0 aliphatic carbocycles. The number of nitrogens with zero attached hydrogens (tertiary/aromatic N) is 1. The summed E-state index contributed by atoms with van der Waals surface area (Å²) in [6, 6.07) is 7.17. The zero-order valence-corrected chi connectivity index (χ0v) is 9.56. The summed E-state index contributed by atoms with van der Waals surface area (Å²) in [6.07, 6.45) is 1.45. The van der Waals surface area contributed by atoms with Crippen molar-refractivity contribution in [2.24, 2.45) is 0 Å². The Bertz CT molecular complexity index is 578. The van der Waals surface area contributed by atoms with E-state index in [4.69, 9.17) is 9.47 Å². The fraction of sp³-hybridized carbons (Fsp3) is 0.167. The largest absolute Gasteiger partial charge is 0.493 e. The van der Waals surface area contributed by atoms with Crippen LogP contribution < -0.4 is 15.2 Å². The second-order valence-corrected chi connectivity index (χ2v) is 3.33. The molecule has 0 radical (unpaired) electrons. The number of hydrogen-bond donors (Lipinski definition) is 1. The highest BCUT2D eigenvalue weighted by Crippen LogP contribution is 2.36. The summed E-state index contributed by atoms with van der Waals surface area (Å²) in [7, 11) is 3.12. The monoisotopic (exact) mass is 232 g/mol. The van der Waals surface area contributed by atoms with Crippen molar-refractivity contribution in [1.29, 1.82) is 0 Å². The number of para-hydroxylation sites is 1. The fourth-order valence-electron chi connectivity index (χ4n) is 1.62. The van der Waals surface area contributed by atoms with E-state index >= 15 is 0 Å². The third kappa shape index (κ3) is 2.13. The first-order chi connectivity index (χ1) is 8.26. The lowest BCUT2D eigenvalue weighted by Crippen LogP contribution is -2.09. The van der Waals surface area contributed by atoms with Gasteiger partial charge in [-0.1, -0.05) is 6.07 Å². The zero-order chi connectivity index (χ0) is 12.3. The number of ether oxygens (including phenoxy) is 2. The first kappa shape index (κ1) is 11.2. The number of benzene rings is 1. The Morgan fingerprint density at radius 2 is 2.00 bits per heavy atom. The number of rotatable bonds is 3. The number of nitrogens with one attached hydrogen (secondary N) is 1. The van der Waals surface area contributed by atoms with Gasteiger partial charge in [0.2, 0.25) is 0 Å². The summed E-state index contributed by atoms with van der Waals surface area (Å²) in [5, 5.41) is 0. The van der Waals surface area contributed by atoms with Crippen molar-refractivity contribution < 1.29 is 9.47 Å². The average Bonchev–Trinajstić information content (AvgIpc) is 2.37. The van der Waals surface area contributed by atoms with Gasteiger partial charge in [-0.05, 0) is 18.2 Å². The second kappa shape index (κ2) is 4.69. The normalized spacial score (nSPS) is 10.0. The van der Waals surface area contributed by atoms with E-state index < -0.39 is 5.69 Å². The molecule has 0 aliphatic rings. The molecule has 5 nitrogen and oxygen atoms in total. The molecular weight excluding hydrogens is 220 g/mol. The molecule has 0 saturated carbocycles. The first-order valence-electron chi connectivity index (χ1n) is 5.03. The van der Waals surface area contributed by atoms with Crippen molar-refractivity contribution in [2.75, 3.05) is 14.2 Å².